The maximum Gasteiger partial charge on any atom is 0.127 e. The largest absolute Gasteiger partial charge is 0.457 e. The van der Waals surface area contributed by atoms with Crippen molar-refractivity contribution in [3.63, 3.8) is 0 Å². The van der Waals surface area contributed by atoms with E-state index in [-0.39, 0.29) is 0 Å². The number of pyridine rings is 1. The van der Waals surface area contributed by atoms with Crippen LogP contribution in [0.4, 0.5) is 0 Å². The number of nitrogens with zero attached hydrogens (tertiary/aromatic N) is 3. The Balaban J connectivity index is 1.37. The van der Waals surface area contributed by atoms with Crippen LogP contribution in [0.5, 0.6) is 11.5 Å². The fourth-order valence-electron chi connectivity index (χ4n) is 3.90. The van der Waals surface area contributed by atoms with Crippen LogP contribution in [0, 0.1) is 0 Å². The molecule has 5 rings (SSSR count). The molecule has 0 atom stereocenters. The number of para-hydroxylation sites is 1. The lowest BCUT2D eigenvalue weighted by Crippen LogP contribution is -2.47. The summed E-state index contributed by atoms with van der Waals surface area (Å²) in [5.41, 5.74) is 4.48. The summed E-state index contributed by atoms with van der Waals surface area (Å²) in [5, 5.41) is 0. The molecule has 4 heteroatoms. The van der Waals surface area contributed by atoms with Crippen molar-refractivity contribution in [2.45, 2.75) is 6.04 Å². The van der Waals surface area contributed by atoms with Crippen LogP contribution >= 0.6 is 0 Å². The molecule has 1 aliphatic rings. The molecule has 0 saturated carbocycles. The van der Waals surface area contributed by atoms with E-state index in [4.69, 9.17) is 4.74 Å². The molecule has 0 unspecified atom stereocenters. The predicted octanol–water partition coefficient (Wildman–Crippen LogP) is 5.54. The summed E-state index contributed by atoms with van der Waals surface area (Å²) in [6, 6.07) is 22.9. The molecule has 0 N–H and O–H groups in total. The van der Waals surface area contributed by atoms with Crippen molar-refractivity contribution in [1.29, 1.82) is 0 Å². The van der Waals surface area contributed by atoms with Gasteiger partial charge >= 0.3 is 0 Å². The lowest BCUT2D eigenvalue weighted by Gasteiger charge is -2.39. The van der Waals surface area contributed by atoms with E-state index in [1.54, 1.807) is 0 Å². The quantitative estimate of drug-likeness (QED) is 0.411. The molecule has 3 heterocycles. The van der Waals surface area contributed by atoms with Crippen molar-refractivity contribution >= 4 is 11.0 Å². The zero-order valence-electron chi connectivity index (χ0n) is 16.2. The smallest absolute Gasteiger partial charge is 0.127 e. The molecule has 1 fully saturated rings. The Kier molecular flexibility index (Phi) is 4.62. The molecule has 4 aromatic rings. The third kappa shape index (κ3) is 3.55. The molecular formula is C25H23N3O. The molecule has 0 amide bonds. The molecule has 144 valence electrons. The molecule has 0 bridgehead atoms. The summed E-state index contributed by atoms with van der Waals surface area (Å²) in [4.78, 5) is 7.08. The molecule has 0 radical (unpaired) electrons. The van der Waals surface area contributed by atoms with Gasteiger partial charge in [-0.2, -0.15) is 0 Å². The molecule has 2 aromatic carbocycles. The third-order valence-electron chi connectivity index (χ3n) is 5.45. The number of fused-ring (bicyclic) bond motifs is 1. The minimum absolute atomic E-state index is 0.506. The normalized spacial score (nSPS) is 14.6. The first-order valence-corrected chi connectivity index (χ1v) is 9.93. The van der Waals surface area contributed by atoms with Gasteiger partial charge in [0.1, 0.15) is 11.5 Å². The van der Waals surface area contributed by atoms with Crippen LogP contribution in [0.2, 0.25) is 0 Å². The number of aromatic nitrogens is 2. The van der Waals surface area contributed by atoms with Gasteiger partial charge in [-0.05, 0) is 42.0 Å². The SMILES string of the molecule is C=CCN1CC(n2ccc3ncc(-c4ccc(Oc5ccccc5)cc4)cc32)C1. The van der Waals surface area contributed by atoms with E-state index in [0.29, 0.717) is 6.04 Å². The summed E-state index contributed by atoms with van der Waals surface area (Å²) >= 11 is 0. The van der Waals surface area contributed by atoms with Crippen LogP contribution in [-0.4, -0.2) is 34.1 Å². The summed E-state index contributed by atoms with van der Waals surface area (Å²) in [6.45, 7) is 6.90. The highest BCUT2D eigenvalue weighted by Crippen LogP contribution is 2.30. The lowest BCUT2D eigenvalue weighted by atomic mass is 10.1. The van der Waals surface area contributed by atoms with Gasteiger partial charge in [-0.15, -0.1) is 6.58 Å². The zero-order valence-corrected chi connectivity index (χ0v) is 16.2. The van der Waals surface area contributed by atoms with E-state index in [2.05, 4.69) is 51.5 Å². The van der Waals surface area contributed by atoms with Crippen LogP contribution < -0.4 is 4.74 Å². The minimum Gasteiger partial charge on any atom is -0.457 e. The van der Waals surface area contributed by atoms with Crippen molar-refractivity contribution < 1.29 is 4.74 Å². The second kappa shape index (κ2) is 7.57. The Morgan fingerprint density at radius 1 is 0.966 bits per heavy atom. The molecule has 29 heavy (non-hydrogen) atoms. The average Bonchev–Trinajstić information content (AvgIpc) is 3.14. The van der Waals surface area contributed by atoms with Gasteiger partial charge < -0.3 is 9.30 Å². The van der Waals surface area contributed by atoms with Gasteiger partial charge in [0.15, 0.2) is 0 Å². The Hall–Kier alpha value is -3.37. The molecule has 1 aliphatic heterocycles. The Bertz CT molecular complexity index is 1130. The number of ether oxygens (including phenoxy) is 1. The van der Waals surface area contributed by atoms with Gasteiger partial charge in [0.2, 0.25) is 0 Å². The van der Waals surface area contributed by atoms with Gasteiger partial charge in [0, 0.05) is 37.6 Å². The second-order valence-electron chi connectivity index (χ2n) is 7.45. The number of hydrogen-bond acceptors (Lipinski definition) is 3. The number of hydrogen-bond donors (Lipinski definition) is 0. The van der Waals surface area contributed by atoms with Gasteiger partial charge in [0.25, 0.3) is 0 Å². The van der Waals surface area contributed by atoms with E-state index < -0.39 is 0 Å². The van der Waals surface area contributed by atoms with Crippen molar-refractivity contribution in [2.75, 3.05) is 19.6 Å². The highest BCUT2D eigenvalue weighted by Gasteiger charge is 2.27. The fourth-order valence-corrected chi connectivity index (χ4v) is 3.90. The van der Waals surface area contributed by atoms with Crippen molar-refractivity contribution in [3.05, 3.63) is 91.8 Å². The number of likely N-dealkylation sites (tertiary alicyclic amines) is 1. The first-order chi connectivity index (χ1) is 14.3. The molecule has 0 aliphatic carbocycles. The average molecular weight is 381 g/mol. The Labute approximate surface area is 170 Å². The van der Waals surface area contributed by atoms with E-state index in [0.717, 1.165) is 47.8 Å². The van der Waals surface area contributed by atoms with E-state index in [1.807, 2.05) is 54.7 Å². The van der Waals surface area contributed by atoms with Gasteiger partial charge in [-0.25, -0.2) is 0 Å². The van der Waals surface area contributed by atoms with E-state index in [9.17, 15) is 0 Å². The molecule has 0 spiro atoms. The fraction of sp³-hybridized carbons (Fsp3) is 0.160. The lowest BCUT2D eigenvalue weighted by molar-refractivity contribution is 0.125. The highest BCUT2D eigenvalue weighted by atomic mass is 16.5. The van der Waals surface area contributed by atoms with Gasteiger partial charge in [-0.1, -0.05) is 36.4 Å². The van der Waals surface area contributed by atoms with Crippen LogP contribution in [0.25, 0.3) is 22.2 Å². The van der Waals surface area contributed by atoms with E-state index >= 15 is 0 Å². The molecule has 1 saturated heterocycles. The summed E-state index contributed by atoms with van der Waals surface area (Å²) in [7, 11) is 0. The van der Waals surface area contributed by atoms with Crippen molar-refractivity contribution in [1.82, 2.24) is 14.5 Å². The predicted molar refractivity (Wildman–Crippen MR) is 117 cm³/mol. The maximum atomic E-state index is 5.90. The van der Waals surface area contributed by atoms with Gasteiger partial charge in [0.05, 0.1) is 17.1 Å². The summed E-state index contributed by atoms with van der Waals surface area (Å²) in [6.07, 6.45) is 6.08. The number of rotatable bonds is 6. The topological polar surface area (TPSA) is 30.3 Å². The second-order valence-corrected chi connectivity index (χ2v) is 7.45. The van der Waals surface area contributed by atoms with Crippen LogP contribution in [0.15, 0.2) is 91.8 Å². The summed E-state index contributed by atoms with van der Waals surface area (Å²) in [5.74, 6) is 1.67. The highest BCUT2D eigenvalue weighted by molar-refractivity contribution is 5.81. The number of benzene rings is 2. The van der Waals surface area contributed by atoms with Crippen LogP contribution in [0.3, 0.4) is 0 Å². The molecule has 2 aromatic heterocycles. The van der Waals surface area contributed by atoms with Crippen molar-refractivity contribution in [3.8, 4) is 22.6 Å². The van der Waals surface area contributed by atoms with E-state index in [1.165, 1.54) is 5.52 Å². The molecule has 4 nitrogen and oxygen atoms in total. The Morgan fingerprint density at radius 3 is 2.48 bits per heavy atom. The van der Waals surface area contributed by atoms with Gasteiger partial charge in [-0.3, -0.25) is 9.88 Å². The first kappa shape index (κ1) is 17.7. The Morgan fingerprint density at radius 2 is 1.72 bits per heavy atom. The minimum atomic E-state index is 0.506. The first-order valence-electron chi connectivity index (χ1n) is 9.93. The monoisotopic (exact) mass is 381 g/mol. The van der Waals surface area contributed by atoms with Crippen LogP contribution in [-0.2, 0) is 0 Å². The van der Waals surface area contributed by atoms with Crippen LogP contribution in [0.1, 0.15) is 6.04 Å². The molecular weight excluding hydrogens is 358 g/mol. The zero-order chi connectivity index (χ0) is 19.6. The standard InChI is InChI=1S/C25H23N3O/c1-2-13-27-17-21(18-27)28-14-12-24-25(28)15-20(16-26-24)19-8-10-23(11-9-19)29-22-6-4-3-5-7-22/h2-12,14-16,21H,1,13,17-18H2. The summed E-state index contributed by atoms with van der Waals surface area (Å²) < 4.78 is 8.26. The maximum absolute atomic E-state index is 5.90. The van der Waals surface area contributed by atoms with Crippen molar-refractivity contribution in [2.24, 2.45) is 0 Å². The third-order valence-corrected chi connectivity index (χ3v) is 5.45.